The van der Waals surface area contributed by atoms with Crippen LogP contribution in [0.25, 0.3) is 0 Å². The van der Waals surface area contributed by atoms with E-state index in [2.05, 4.69) is 4.98 Å². The Morgan fingerprint density at radius 1 is 1.03 bits per heavy atom. The van der Waals surface area contributed by atoms with Gasteiger partial charge in [0.25, 0.3) is 5.91 Å². The first-order valence-corrected chi connectivity index (χ1v) is 10.6. The van der Waals surface area contributed by atoms with Crippen molar-refractivity contribution in [3.63, 3.8) is 0 Å². The van der Waals surface area contributed by atoms with E-state index in [9.17, 15) is 22.0 Å². The predicted molar refractivity (Wildman–Crippen MR) is 108 cm³/mol. The molecule has 1 heterocycles. The molecule has 0 radical (unpaired) electrons. The highest BCUT2D eigenvalue weighted by molar-refractivity contribution is 7.89. The Morgan fingerprint density at radius 2 is 1.71 bits per heavy atom. The second-order valence-corrected chi connectivity index (χ2v) is 8.63. The molecule has 0 aliphatic carbocycles. The summed E-state index contributed by atoms with van der Waals surface area (Å²) in [5.41, 5.74) is 3.03. The molecule has 3 aromatic rings. The first kappa shape index (κ1) is 22.5. The number of halogens is 2. The average molecular weight is 447 g/mol. The molecular formula is C21H19F2N3O4S. The largest absolute Gasteiger partial charge is 0.288 e. The van der Waals surface area contributed by atoms with Gasteiger partial charge in [0, 0.05) is 37.1 Å². The zero-order chi connectivity index (χ0) is 22.4. The smallest absolute Gasteiger partial charge is 0.274 e. The Labute approximate surface area is 178 Å². The summed E-state index contributed by atoms with van der Waals surface area (Å²) >= 11 is 0. The molecule has 0 saturated carbocycles. The summed E-state index contributed by atoms with van der Waals surface area (Å²) in [6, 6.07) is 11.6. The molecule has 3 rings (SSSR count). The van der Waals surface area contributed by atoms with Crippen LogP contribution in [0.2, 0.25) is 0 Å². The number of aromatic nitrogens is 1. The maximum atomic E-state index is 13.7. The Hall–Kier alpha value is -3.21. The number of carbonyl (C=O) groups is 1. The number of rotatable bonds is 8. The van der Waals surface area contributed by atoms with Gasteiger partial charge in [-0.2, -0.15) is 4.31 Å². The minimum atomic E-state index is -4.23. The van der Waals surface area contributed by atoms with E-state index in [-0.39, 0.29) is 18.7 Å². The third-order valence-electron chi connectivity index (χ3n) is 4.52. The van der Waals surface area contributed by atoms with Crippen molar-refractivity contribution in [3.05, 3.63) is 95.3 Å². The van der Waals surface area contributed by atoms with E-state index in [4.69, 9.17) is 5.21 Å². The highest BCUT2D eigenvalue weighted by Crippen LogP contribution is 2.21. The fourth-order valence-electron chi connectivity index (χ4n) is 2.94. The molecule has 0 unspecified atom stereocenters. The maximum Gasteiger partial charge on any atom is 0.274 e. The summed E-state index contributed by atoms with van der Waals surface area (Å²) in [6.45, 7) is -0.0627. The van der Waals surface area contributed by atoms with Gasteiger partial charge in [0.05, 0.1) is 4.90 Å². The third kappa shape index (κ3) is 5.69. The van der Waals surface area contributed by atoms with E-state index in [0.29, 0.717) is 18.1 Å². The summed E-state index contributed by atoms with van der Waals surface area (Å²) < 4.78 is 54.8. The lowest BCUT2D eigenvalue weighted by Gasteiger charge is -2.22. The van der Waals surface area contributed by atoms with Gasteiger partial charge in [0.1, 0.15) is 11.6 Å². The average Bonchev–Trinajstić information content (AvgIpc) is 2.76. The minimum absolute atomic E-state index is 0.0328. The van der Waals surface area contributed by atoms with Crippen LogP contribution in [0.1, 0.15) is 21.5 Å². The van der Waals surface area contributed by atoms with E-state index in [1.54, 1.807) is 24.5 Å². The summed E-state index contributed by atoms with van der Waals surface area (Å²) in [5.74, 6) is -2.70. The number of hydrogen-bond acceptors (Lipinski definition) is 5. The molecule has 31 heavy (non-hydrogen) atoms. The Bertz CT molecular complexity index is 1140. The number of hydrogen-bond donors (Lipinski definition) is 2. The molecule has 10 heteroatoms. The summed E-state index contributed by atoms with van der Waals surface area (Å²) in [4.78, 5) is 15.0. The van der Waals surface area contributed by atoms with Gasteiger partial charge in [-0.15, -0.1) is 0 Å². The van der Waals surface area contributed by atoms with E-state index in [1.807, 2.05) is 0 Å². The molecule has 0 aliphatic heterocycles. The van der Waals surface area contributed by atoms with Gasteiger partial charge in [-0.3, -0.25) is 15.0 Å². The van der Waals surface area contributed by atoms with Gasteiger partial charge < -0.3 is 0 Å². The van der Waals surface area contributed by atoms with Crippen molar-refractivity contribution < 1.29 is 27.2 Å². The van der Waals surface area contributed by atoms with Gasteiger partial charge in [0.2, 0.25) is 10.0 Å². The summed E-state index contributed by atoms with van der Waals surface area (Å²) in [7, 11) is -4.23. The number of sulfonamides is 1. The number of amides is 1. The lowest BCUT2D eigenvalue weighted by Crippen LogP contribution is -2.33. The van der Waals surface area contributed by atoms with Gasteiger partial charge in [-0.1, -0.05) is 18.2 Å². The van der Waals surface area contributed by atoms with Gasteiger partial charge in [-0.05, 0) is 47.9 Å². The Kier molecular flexibility index (Phi) is 7.06. The zero-order valence-electron chi connectivity index (χ0n) is 16.2. The Balaban J connectivity index is 1.91. The van der Waals surface area contributed by atoms with Gasteiger partial charge in [-0.25, -0.2) is 22.7 Å². The maximum absolute atomic E-state index is 13.7. The number of carbonyl (C=O) groups excluding carboxylic acids is 1. The molecule has 2 N–H and O–H groups in total. The van der Waals surface area contributed by atoms with Crippen LogP contribution in [-0.4, -0.2) is 35.4 Å². The number of hydroxylamine groups is 1. The van der Waals surface area contributed by atoms with Crippen LogP contribution in [0.4, 0.5) is 8.78 Å². The molecule has 2 aromatic carbocycles. The normalized spacial score (nSPS) is 11.5. The SMILES string of the molecule is O=C(NO)c1ccc(CN(CCc2cccnc2)S(=O)(=O)c2cc(F)cc(F)c2)cc1. The topological polar surface area (TPSA) is 99.6 Å². The highest BCUT2D eigenvalue weighted by atomic mass is 32.2. The second-order valence-electron chi connectivity index (χ2n) is 6.69. The van der Waals surface area contributed by atoms with Crippen LogP contribution in [0.3, 0.4) is 0 Å². The van der Waals surface area contributed by atoms with Crippen molar-refractivity contribution in [2.75, 3.05) is 6.54 Å². The number of pyridine rings is 1. The number of benzene rings is 2. The van der Waals surface area contributed by atoms with Crippen LogP contribution < -0.4 is 5.48 Å². The van der Waals surface area contributed by atoms with E-state index >= 15 is 0 Å². The summed E-state index contributed by atoms with van der Waals surface area (Å²) in [5, 5.41) is 8.71. The first-order valence-electron chi connectivity index (χ1n) is 9.18. The second kappa shape index (κ2) is 9.73. The lowest BCUT2D eigenvalue weighted by atomic mass is 10.1. The van der Waals surface area contributed by atoms with Crippen LogP contribution in [0, 0.1) is 11.6 Å². The molecule has 0 spiro atoms. The van der Waals surface area contributed by atoms with E-state index in [1.165, 1.54) is 29.7 Å². The molecule has 7 nitrogen and oxygen atoms in total. The van der Waals surface area contributed by atoms with Crippen molar-refractivity contribution in [1.82, 2.24) is 14.8 Å². The van der Waals surface area contributed by atoms with E-state index < -0.39 is 32.5 Å². The summed E-state index contributed by atoms with van der Waals surface area (Å²) in [6.07, 6.45) is 3.53. The number of nitrogens with one attached hydrogen (secondary N) is 1. The fraction of sp³-hybridized carbons (Fsp3) is 0.143. The van der Waals surface area contributed by atoms with Crippen LogP contribution >= 0.6 is 0 Å². The van der Waals surface area contributed by atoms with Crippen LogP contribution in [-0.2, 0) is 23.0 Å². The molecule has 162 valence electrons. The van der Waals surface area contributed by atoms with Crippen molar-refractivity contribution in [2.45, 2.75) is 17.9 Å². The molecule has 1 amide bonds. The molecular weight excluding hydrogens is 428 g/mol. The van der Waals surface area contributed by atoms with Crippen LogP contribution in [0.5, 0.6) is 0 Å². The third-order valence-corrected chi connectivity index (χ3v) is 6.35. The minimum Gasteiger partial charge on any atom is -0.288 e. The van der Waals surface area contributed by atoms with Gasteiger partial charge in [0.15, 0.2) is 0 Å². The molecule has 0 bridgehead atoms. The van der Waals surface area contributed by atoms with Crippen molar-refractivity contribution >= 4 is 15.9 Å². The molecule has 0 fully saturated rings. The Morgan fingerprint density at radius 3 is 2.29 bits per heavy atom. The standard InChI is InChI=1S/C21H19F2N3O4S/c22-18-10-19(23)12-20(11-18)31(29,30)26(9-7-15-2-1-8-24-13-15)14-16-3-5-17(6-4-16)21(27)25-28/h1-6,8,10-13,28H,7,9,14H2,(H,25,27). The molecule has 0 aliphatic rings. The molecule has 0 atom stereocenters. The molecule has 0 saturated heterocycles. The molecule has 1 aromatic heterocycles. The fourth-order valence-corrected chi connectivity index (χ4v) is 4.41. The zero-order valence-corrected chi connectivity index (χ0v) is 17.0. The quantitative estimate of drug-likeness (QED) is 0.409. The monoisotopic (exact) mass is 447 g/mol. The number of nitrogens with zero attached hydrogens (tertiary/aromatic N) is 2. The van der Waals surface area contributed by atoms with Crippen molar-refractivity contribution in [1.29, 1.82) is 0 Å². The van der Waals surface area contributed by atoms with Crippen molar-refractivity contribution in [2.24, 2.45) is 0 Å². The van der Waals surface area contributed by atoms with E-state index in [0.717, 1.165) is 22.0 Å². The lowest BCUT2D eigenvalue weighted by molar-refractivity contribution is 0.0706. The van der Waals surface area contributed by atoms with Crippen molar-refractivity contribution in [3.8, 4) is 0 Å². The first-order chi connectivity index (χ1) is 14.8. The predicted octanol–water partition coefficient (Wildman–Crippen LogP) is 2.91. The highest BCUT2D eigenvalue weighted by Gasteiger charge is 2.26. The van der Waals surface area contributed by atoms with Gasteiger partial charge >= 0.3 is 0 Å². The van der Waals surface area contributed by atoms with Crippen LogP contribution in [0.15, 0.2) is 71.9 Å².